The maximum atomic E-state index is 13.7. The second-order valence-corrected chi connectivity index (χ2v) is 9.61. The van der Waals surface area contributed by atoms with Crippen molar-refractivity contribution >= 4 is 6.09 Å². The first-order valence-electron chi connectivity index (χ1n) is 11.9. The lowest BCUT2D eigenvalue weighted by Crippen LogP contribution is -2.36. The van der Waals surface area contributed by atoms with Crippen LogP contribution in [0.4, 0.5) is 22.4 Å². The molecule has 1 N–H and O–H groups in total. The number of alkyl halides is 3. The van der Waals surface area contributed by atoms with E-state index in [1.54, 1.807) is 27.7 Å². The summed E-state index contributed by atoms with van der Waals surface area (Å²) in [6.07, 6.45) is -5.38. The van der Waals surface area contributed by atoms with Gasteiger partial charge in [-0.05, 0) is 57.5 Å². The number of rotatable bonds is 8. The fourth-order valence-electron chi connectivity index (χ4n) is 3.44. The molecule has 0 saturated carbocycles. The molecule has 1 amide bonds. The summed E-state index contributed by atoms with van der Waals surface area (Å²) in [5.41, 5.74) is -1.51. The van der Waals surface area contributed by atoms with Gasteiger partial charge in [0.05, 0.1) is 11.1 Å². The first kappa shape index (κ1) is 29.9. The lowest BCUT2D eigenvalue weighted by molar-refractivity contribution is -0.137. The zero-order chi connectivity index (χ0) is 29.7. The van der Waals surface area contributed by atoms with Crippen LogP contribution in [-0.4, -0.2) is 27.8 Å². The Morgan fingerprint density at radius 2 is 1.85 bits per heavy atom. The highest BCUT2D eigenvalue weighted by Gasteiger charge is 2.31. The van der Waals surface area contributed by atoms with Gasteiger partial charge in [0.25, 0.3) is 0 Å². The van der Waals surface area contributed by atoms with Gasteiger partial charge in [-0.1, -0.05) is 6.07 Å². The van der Waals surface area contributed by atoms with Crippen LogP contribution in [0, 0.1) is 24.1 Å². The number of carbonyl (C=O) groups is 1. The monoisotopic (exact) mass is 562 g/mol. The van der Waals surface area contributed by atoms with Crippen LogP contribution in [-0.2, 0) is 24.1 Å². The summed E-state index contributed by atoms with van der Waals surface area (Å²) in [6, 6.07) is 9.37. The third kappa shape index (κ3) is 8.45. The highest BCUT2D eigenvalue weighted by Crippen LogP contribution is 2.34. The summed E-state index contributed by atoms with van der Waals surface area (Å²) >= 11 is 0. The highest BCUT2D eigenvalue weighted by atomic mass is 19.4. The van der Waals surface area contributed by atoms with Crippen LogP contribution in [0.25, 0.3) is 0 Å². The Morgan fingerprint density at radius 1 is 1.12 bits per heavy atom. The molecule has 3 aromatic rings. The molecule has 3 rings (SSSR count). The summed E-state index contributed by atoms with van der Waals surface area (Å²) < 4.78 is 70.1. The van der Waals surface area contributed by atoms with Gasteiger partial charge < -0.3 is 19.5 Å². The Morgan fingerprint density at radius 3 is 2.48 bits per heavy atom. The molecule has 0 saturated heterocycles. The van der Waals surface area contributed by atoms with E-state index in [4.69, 9.17) is 14.2 Å². The molecule has 0 fully saturated rings. The summed E-state index contributed by atoms with van der Waals surface area (Å²) in [7, 11) is 0. The molecule has 0 unspecified atom stereocenters. The van der Waals surface area contributed by atoms with E-state index in [2.05, 4.69) is 10.3 Å². The topological polar surface area (TPSA) is 115 Å². The van der Waals surface area contributed by atoms with Gasteiger partial charge in [-0.3, -0.25) is 4.57 Å². The van der Waals surface area contributed by atoms with E-state index in [9.17, 15) is 32.4 Å². The number of amides is 1. The molecule has 13 heteroatoms. The molecule has 9 nitrogen and oxygen atoms in total. The third-order valence-corrected chi connectivity index (χ3v) is 5.18. The molecule has 40 heavy (non-hydrogen) atoms. The van der Waals surface area contributed by atoms with Crippen molar-refractivity contribution in [3.05, 3.63) is 81.2 Å². The van der Waals surface area contributed by atoms with E-state index < -0.39 is 40.7 Å². The number of nitrogens with zero attached hydrogens (tertiary/aromatic N) is 3. The first-order valence-corrected chi connectivity index (χ1v) is 11.9. The SMILES string of the molecule is Cc1cc(OCc2ccc(Oc3cc(F)cc(C(F)(F)F)c3)c(C#N)c2)nc(=O)n1CCNC(=O)OC(C)(C)C. The van der Waals surface area contributed by atoms with Crippen LogP contribution in [0.1, 0.15) is 43.2 Å². The number of hydrogen-bond donors (Lipinski definition) is 1. The van der Waals surface area contributed by atoms with Crippen molar-refractivity contribution in [1.82, 2.24) is 14.9 Å². The molecule has 0 spiro atoms. The van der Waals surface area contributed by atoms with Gasteiger partial charge in [0.15, 0.2) is 0 Å². The molecule has 0 atom stereocenters. The molecule has 212 valence electrons. The summed E-state index contributed by atoms with van der Waals surface area (Å²) in [4.78, 5) is 28.1. The quantitative estimate of drug-likeness (QED) is 0.362. The van der Waals surface area contributed by atoms with E-state index in [-0.39, 0.29) is 36.9 Å². The number of carbonyl (C=O) groups excluding carboxylic acids is 1. The minimum Gasteiger partial charge on any atom is -0.473 e. The Bertz CT molecular complexity index is 1490. The Hall–Kier alpha value is -4.60. The standard InChI is InChI=1S/C27H26F4N4O5/c1-16-9-23(34-24(36)35(16)8-7-33-25(37)40-26(2,3)4)38-15-17-5-6-22(18(10-17)14-32)39-21-12-19(27(29,30)31)11-20(28)13-21/h5-6,9-13H,7-8,15H2,1-4H3,(H,33,37). The number of hydrogen-bond acceptors (Lipinski definition) is 7. The number of halogens is 4. The van der Waals surface area contributed by atoms with Crippen LogP contribution in [0.5, 0.6) is 17.4 Å². The van der Waals surface area contributed by atoms with E-state index in [1.165, 1.54) is 28.8 Å². The number of nitrogens with one attached hydrogen (secondary N) is 1. The van der Waals surface area contributed by atoms with Crippen LogP contribution >= 0.6 is 0 Å². The van der Waals surface area contributed by atoms with Crippen molar-refractivity contribution < 1.29 is 36.6 Å². The number of aromatic nitrogens is 2. The fraction of sp³-hybridized carbons (Fsp3) is 0.333. The molecule has 1 aromatic heterocycles. The number of alkyl carbamates (subject to hydrolysis) is 1. The molecular weight excluding hydrogens is 536 g/mol. The molecule has 0 aliphatic rings. The normalized spacial score (nSPS) is 11.5. The van der Waals surface area contributed by atoms with Gasteiger partial charge in [-0.2, -0.15) is 23.4 Å². The Balaban J connectivity index is 1.66. The summed E-state index contributed by atoms with van der Waals surface area (Å²) in [5.74, 6) is -1.62. The van der Waals surface area contributed by atoms with Gasteiger partial charge in [0.1, 0.15) is 35.6 Å². The van der Waals surface area contributed by atoms with Crippen LogP contribution in [0.2, 0.25) is 0 Å². The highest BCUT2D eigenvalue weighted by molar-refractivity contribution is 5.67. The predicted octanol–water partition coefficient (Wildman–Crippen LogP) is 5.48. The van der Waals surface area contributed by atoms with E-state index in [0.29, 0.717) is 23.4 Å². The number of benzene rings is 2. The van der Waals surface area contributed by atoms with E-state index >= 15 is 0 Å². The minimum absolute atomic E-state index is 0.0251. The summed E-state index contributed by atoms with van der Waals surface area (Å²) in [6.45, 7) is 7.06. The molecule has 2 aromatic carbocycles. The van der Waals surface area contributed by atoms with Crippen LogP contribution < -0.4 is 20.5 Å². The number of nitriles is 1. The Labute approximate surface area is 226 Å². The minimum atomic E-state index is -4.77. The molecule has 0 radical (unpaired) electrons. The lowest BCUT2D eigenvalue weighted by Gasteiger charge is -2.20. The summed E-state index contributed by atoms with van der Waals surface area (Å²) in [5, 5.41) is 12.1. The third-order valence-electron chi connectivity index (χ3n) is 5.18. The average molecular weight is 563 g/mol. The van der Waals surface area contributed by atoms with Crippen molar-refractivity contribution in [3.63, 3.8) is 0 Å². The molecule has 0 aliphatic carbocycles. The van der Waals surface area contributed by atoms with Gasteiger partial charge in [0, 0.05) is 30.9 Å². The first-order chi connectivity index (χ1) is 18.6. The van der Waals surface area contributed by atoms with Crippen LogP contribution in [0.15, 0.2) is 47.3 Å². The van der Waals surface area contributed by atoms with Crippen molar-refractivity contribution in [2.24, 2.45) is 0 Å². The zero-order valence-electron chi connectivity index (χ0n) is 22.1. The second-order valence-electron chi connectivity index (χ2n) is 9.61. The fourth-order valence-corrected chi connectivity index (χ4v) is 3.44. The van der Waals surface area contributed by atoms with Crippen molar-refractivity contribution in [1.29, 1.82) is 5.26 Å². The van der Waals surface area contributed by atoms with E-state index in [1.807, 2.05) is 6.07 Å². The van der Waals surface area contributed by atoms with Crippen molar-refractivity contribution in [3.8, 4) is 23.4 Å². The molecular formula is C27H26F4N4O5. The van der Waals surface area contributed by atoms with Crippen molar-refractivity contribution in [2.45, 2.75) is 52.6 Å². The Kier molecular flexibility index (Phi) is 9.03. The lowest BCUT2D eigenvalue weighted by atomic mass is 10.1. The maximum Gasteiger partial charge on any atom is 0.416 e. The second kappa shape index (κ2) is 12.1. The smallest absolute Gasteiger partial charge is 0.416 e. The van der Waals surface area contributed by atoms with Crippen molar-refractivity contribution in [2.75, 3.05) is 6.54 Å². The van der Waals surface area contributed by atoms with Gasteiger partial charge in [-0.25, -0.2) is 14.0 Å². The van der Waals surface area contributed by atoms with Gasteiger partial charge in [0.2, 0.25) is 5.88 Å². The van der Waals surface area contributed by atoms with Gasteiger partial charge >= 0.3 is 18.0 Å². The molecule has 0 aliphatic heterocycles. The number of ether oxygens (including phenoxy) is 3. The predicted molar refractivity (Wildman–Crippen MR) is 134 cm³/mol. The number of aryl methyl sites for hydroxylation is 1. The maximum absolute atomic E-state index is 13.7. The average Bonchev–Trinajstić information content (AvgIpc) is 2.83. The van der Waals surface area contributed by atoms with Gasteiger partial charge in [-0.15, -0.1) is 0 Å². The largest absolute Gasteiger partial charge is 0.473 e. The molecule has 1 heterocycles. The molecule has 0 bridgehead atoms. The zero-order valence-corrected chi connectivity index (χ0v) is 22.1. The van der Waals surface area contributed by atoms with E-state index in [0.717, 1.165) is 6.07 Å². The van der Waals surface area contributed by atoms with Crippen LogP contribution in [0.3, 0.4) is 0 Å².